The predicted molar refractivity (Wildman–Crippen MR) is 28.7 cm³/mol. The Labute approximate surface area is 69.1 Å². The maximum Gasteiger partial charge on any atom is 0.453 e. The monoisotopic (exact) mass is 212 g/mol. The van der Waals surface area contributed by atoms with E-state index in [1.54, 1.807) is 0 Å². The second kappa shape index (κ2) is 3.33. The predicted octanol–water partition coefficient (Wildman–Crippen LogP) is 1.84. The van der Waals surface area contributed by atoms with E-state index in [2.05, 4.69) is 4.74 Å². The topological polar surface area (TPSA) is 29.5 Å². The maximum absolute atomic E-state index is 11.7. The van der Waals surface area contributed by atoms with Crippen LogP contribution in [0.5, 0.6) is 0 Å². The van der Waals surface area contributed by atoms with Crippen molar-refractivity contribution in [2.75, 3.05) is 6.61 Å². The van der Waals surface area contributed by atoms with Gasteiger partial charge in [0.2, 0.25) is 0 Å². The Hall–Kier alpha value is -0.500. The zero-order valence-electron chi connectivity index (χ0n) is 6.33. The van der Waals surface area contributed by atoms with E-state index in [0.29, 0.717) is 0 Å². The van der Waals surface area contributed by atoms with Crippen LogP contribution in [0.1, 0.15) is 6.92 Å². The first-order valence-electron chi connectivity index (χ1n) is 3.06. The van der Waals surface area contributed by atoms with E-state index in [0.717, 1.165) is 6.92 Å². The van der Waals surface area contributed by atoms with Crippen LogP contribution in [0.3, 0.4) is 0 Å². The van der Waals surface area contributed by atoms with Crippen molar-refractivity contribution in [1.82, 2.24) is 0 Å². The van der Waals surface area contributed by atoms with Gasteiger partial charge in [-0.1, -0.05) is 0 Å². The van der Waals surface area contributed by atoms with E-state index >= 15 is 0 Å². The second-order valence-corrected chi connectivity index (χ2v) is 2.07. The van der Waals surface area contributed by atoms with Gasteiger partial charge in [-0.25, -0.2) is 0 Å². The fourth-order valence-electron chi connectivity index (χ4n) is 0.533. The summed E-state index contributed by atoms with van der Waals surface area (Å²) in [6.45, 7) is -0.00201. The third-order valence-electron chi connectivity index (χ3n) is 1.12. The molecule has 0 aromatic carbocycles. The number of halogens is 6. The molecule has 0 spiro atoms. The van der Waals surface area contributed by atoms with Gasteiger partial charge in [-0.05, 0) is 6.92 Å². The average molecular weight is 212 g/mol. The number of hydrogen-bond acceptors (Lipinski definition) is 2. The van der Waals surface area contributed by atoms with Crippen LogP contribution in [0, 0.1) is 0 Å². The van der Waals surface area contributed by atoms with E-state index in [1.165, 1.54) is 0 Å². The molecule has 13 heavy (non-hydrogen) atoms. The quantitative estimate of drug-likeness (QED) is 0.559. The smallest absolute Gasteiger partial charge is 0.351 e. The lowest BCUT2D eigenvalue weighted by Crippen LogP contribution is -2.58. The normalized spacial score (nSPS) is 14.8. The van der Waals surface area contributed by atoms with E-state index in [1.807, 2.05) is 0 Å². The zero-order chi connectivity index (χ0) is 10.9. The van der Waals surface area contributed by atoms with Crippen LogP contribution in [0.25, 0.3) is 0 Å². The fourth-order valence-corrected chi connectivity index (χ4v) is 0.533. The Bertz CT molecular complexity index is 157. The van der Waals surface area contributed by atoms with Crippen LogP contribution >= 0.6 is 0 Å². The molecule has 0 aliphatic rings. The van der Waals surface area contributed by atoms with Crippen molar-refractivity contribution in [2.24, 2.45) is 0 Å². The van der Waals surface area contributed by atoms with E-state index < -0.39 is 24.7 Å². The number of rotatable bonds is 2. The number of aliphatic hydroxyl groups is 1. The Morgan fingerprint density at radius 3 is 1.38 bits per heavy atom. The molecule has 0 amide bonds. The van der Waals surface area contributed by atoms with Gasteiger partial charge in [-0.3, -0.25) is 0 Å². The summed E-state index contributed by atoms with van der Waals surface area (Å²) in [5.74, 6) is -5.07. The van der Waals surface area contributed by atoms with Gasteiger partial charge in [-0.2, -0.15) is 26.3 Å². The summed E-state index contributed by atoms with van der Waals surface area (Å²) in [4.78, 5) is 0. The molecule has 0 rings (SSSR count). The van der Waals surface area contributed by atoms with Crippen LogP contribution in [-0.2, 0) is 4.74 Å². The Morgan fingerprint density at radius 2 is 1.31 bits per heavy atom. The summed E-state index contributed by atoms with van der Waals surface area (Å²) in [5.41, 5.74) is 0. The molecule has 0 saturated carbocycles. The summed E-state index contributed by atoms with van der Waals surface area (Å²) in [7, 11) is 0. The Morgan fingerprint density at radius 1 is 1.00 bits per heavy atom. The van der Waals surface area contributed by atoms with Gasteiger partial charge in [0, 0.05) is 6.61 Å². The van der Waals surface area contributed by atoms with Crippen molar-refractivity contribution in [3.05, 3.63) is 0 Å². The van der Waals surface area contributed by atoms with Crippen molar-refractivity contribution in [3.63, 3.8) is 0 Å². The summed E-state index contributed by atoms with van der Waals surface area (Å²) >= 11 is 0. The van der Waals surface area contributed by atoms with Crippen LogP contribution < -0.4 is 0 Å². The van der Waals surface area contributed by atoms with Crippen molar-refractivity contribution < 1.29 is 36.2 Å². The van der Waals surface area contributed by atoms with E-state index in [-0.39, 0.29) is 0 Å². The van der Waals surface area contributed by atoms with E-state index in [9.17, 15) is 26.3 Å². The first-order valence-corrected chi connectivity index (χ1v) is 3.06. The van der Waals surface area contributed by atoms with Gasteiger partial charge >= 0.3 is 18.1 Å². The van der Waals surface area contributed by atoms with E-state index in [4.69, 9.17) is 5.11 Å². The van der Waals surface area contributed by atoms with Crippen LogP contribution in [-0.4, -0.2) is 29.9 Å². The highest BCUT2D eigenvalue weighted by atomic mass is 19.4. The minimum absolute atomic E-state index is 0.905. The molecule has 0 atom stereocenters. The lowest BCUT2D eigenvalue weighted by atomic mass is 10.2. The minimum Gasteiger partial charge on any atom is -0.351 e. The summed E-state index contributed by atoms with van der Waals surface area (Å²) in [5, 5.41) is 8.21. The number of hydrogen-bond donors (Lipinski definition) is 1. The second-order valence-electron chi connectivity index (χ2n) is 2.07. The van der Waals surface area contributed by atoms with Gasteiger partial charge in [0.05, 0.1) is 0 Å². The molecule has 8 heteroatoms. The zero-order valence-corrected chi connectivity index (χ0v) is 6.33. The average Bonchev–Trinajstić information content (AvgIpc) is 1.82. The standard InChI is InChI=1S/C5H6F6O2/c1-2-13-3(12,4(6,7)8)5(9,10)11/h12H,2H2,1H3. The molecule has 0 aromatic heterocycles. The van der Waals surface area contributed by atoms with Crippen LogP contribution in [0.4, 0.5) is 26.3 Å². The van der Waals surface area contributed by atoms with Crippen molar-refractivity contribution in [1.29, 1.82) is 0 Å². The Balaban J connectivity index is 4.96. The molecule has 0 unspecified atom stereocenters. The molecule has 0 aromatic rings. The summed E-state index contributed by atoms with van der Waals surface area (Å²) < 4.78 is 73.4. The number of ether oxygens (including phenoxy) is 1. The molecule has 80 valence electrons. The molecule has 0 radical (unpaired) electrons. The molecule has 0 bridgehead atoms. The fraction of sp³-hybridized carbons (Fsp3) is 1.00. The first kappa shape index (κ1) is 12.5. The maximum atomic E-state index is 11.7. The first-order chi connectivity index (χ1) is 5.56. The van der Waals surface area contributed by atoms with Gasteiger partial charge in [0.15, 0.2) is 0 Å². The van der Waals surface area contributed by atoms with Crippen LogP contribution in [0.15, 0.2) is 0 Å². The SMILES string of the molecule is CCOC(O)(C(F)(F)F)C(F)(F)F. The van der Waals surface area contributed by atoms with Gasteiger partial charge in [0.1, 0.15) is 0 Å². The molecule has 0 aliphatic heterocycles. The van der Waals surface area contributed by atoms with Gasteiger partial charge in [0.25, 0.3) is 0 Å². The highest BCUT2D eigenvalue weighted by Gasteiger charge is 2.72. The van der Waals surface area contributed by atoms with Gasteiger partial charge in [-0.15, -0.1) is 0 Å². The third-order valence-corrected chi connectivity index (χ3v) is 1.12. The van der Waals surface area contributed by atoms with Gasteiger partial charge < -0.3 is 9.84 Å². The summed E-state index contributed by atoms with van der Waals surface area (Å²) in [6, 6.07) is 0. The minimum atomic E-state index is -5.90. The van der Waals surface area contributed by atoms with Crippen molar-refractivity contribution in [2.45, 2.75) is 25.1 Å². The number of alkyl halides is 6. The largest absolute Gasteiger partial charge is 0.453 e. The van der Waals surface area contributed by atoms with Crippen molar-refractivity contribution in [3.8, 4) is 0 Å². The molecular weight excluding hydrogens is 206 g/mol. The van der Waals surface area contributed by atoms with Crippen LogP contribution in [0.2, 0.25) is 0 Å². The lowest BCUT2D eigenvalue weighted by molar-refractivity contribution is -0.456. The molecule has 2 nitrogen and oxygen atoms in total. The highest BCUT2D eigenvalue weighted by Crippen LogP contribution is 2.43. The Kier molecular flexibility index (Phi) is 3.21. The lowest BCUT2D eigenvalue weighted by Gasteiger charge is -2.31. The summed E-state index contributed by atoms with van der Waals surface area (Å²) in [6.07, 6.45) is -11.8. The molecule has 0 saturated heterocycles. The highest BCUT2D eigenvalue weighted by molar-refractivity contribution is 4.84. The molecular formula is C5H6F6O2. The molecule has 0 aliphatic carbocycles. The molecule has 0 fully saturated rings. The molecule has 0 heterocycles. The van der Waals surface area contributed by atoms with Crippen molar-refractivity contribution >= 4 is 0 Å². The third kappa shape index (κ3) is 2.25. The molecule has 1 N–H and O–H groups in total.